The number of terminal acetylenes is 1. The van der Waals surface area contributed by atoms with Crippen LogP contribution in [0, 0.1) is 71.1 Å². The summed E-state index contributed by atoms with van der Waals surface area (Å²) in [6, 6.07) is 24.9. The molecule has 2 saturated heterocycles. The van der Waals surface area contributed by atoms with Gasteiger partial charge < -0.3 is 92.1 Å². The van der Waals surface area contributed by atoms with Gasteiger partial charge in [0.1, 0.15) is 39.8 Å². The molecule has 778 valence electrons. The maximum Gasteiger partial charge on any atom is 0.304 e. The number of nitro benzene ring substituents is 3. The summed E-state index contributed by atoms with van der Waals surface area (Å²) < 4.78 is 47.4. The van der Waals surface area contributed by atoms with Gasteiger partial charge in [-0.15, -0.1) is 6.42 Å². The number of halogens is 10. The third kappa shape index (κ3) is 31.2. The molecule has 6 saturated carbocycles. The van der Waals surface area contributed by atoms with E-state index in [1.165, 1.54) is 140 Å². The fraction of sp³-hybridized carbons (Fsp3) is 0.429. The van der Waals surface area contributed by atoms with Gasteiger partial charge in [0.05, 0.1) is 118 Å². The zero-order valence-electron chi connectivity index (χ0n) is 80.7. The molecule has 13 N–H and O–H groups in total. The van der Waals surface area contributed by atoms with E-state index in [0.29, 0.717) is 123 Å². The van der Waals surface area contributed by atoms with Gasteiger partial charge in [0, 0.05) is 144 Å². The lowest BCUT2D eigenvalue weighted by Crippen LogP contribution is -2.37. The Morgan fingerprint density at radius 3 is 1.31 bits per heavy atom. The van der Waals surface area contributed by atoms with Crippen molar-refractivity contribution in [3.63, 3.8) is 0 Å². The van der Waals surface area contributed by atoms with E-state index in [2.05, 4.69) is 146 Å². The SMILES string of the molecule is C#Cc1nn([C@H]2C[C@H](COC)N(C(=O)C=C)C2)c(NC)c1C(N)=O.C=CC(=O)N1C[C@@H](n2nc(C#Cc3cc4ncn(C5CCC5)c4cc3Cl)c(C(N)=O)c2NC)C[C@@H]1COC.COC(OC)OC.Clc1cc2c(cc1I)ncn2C1CCC1.NC1CCC1.Nc1cc(I)c(Cl)cc1NC1CCC1.O=[N+]([O-])c1cc(I)c(Cl)cc1NC1CCC1.O=[N+]([O-])c1ccc(Cl)cc1F.O=[N+]([O-])c1ccc(Cl)cc1NC1CCC1. The van der Waals surface area contributed by atoms with E-state index in [-0.39, 0.29) is 79.8 Å². The first kappa shape index (κ1) is 117. The van der Waals surface area contributed by atoms with E-state index < -0.39 is 39.6 Å². The normalized spacial score (nSPS) is 17.1. The minimum atomic E-state index is -0.914. The van der Waals surface area contributed by atoms with Gasteiger partial charge in [-0.3, -0.25) is 49.5 Å². The molecule has 145 heavy (non-hydrogen) atoms. The second-order valence-corrected chi connectivity index (χ2v) is 40.7. The predicted octanol–water partition coefficient (Wildman–Crippen LogP) is 20.7. The number of fused-ring (bicyclic) bond motifs is 2. The Hall–Kier alpha value is -10.2. The van der Waals surface area contributed by atoms with Crippen molar-refractivity contribution in [1.82, 2.24) is 48.5 Å². The second-order valence-electron chi connectivity index (χ2n) is 34.8. The number of hydrogen-bond donors (Lipinski definition) is 9. The van der Waals surface area contributed by atoms with Crippen LogP contribution in [0.1, 0.15) is 190 Å². The number of carbonyl (C=O) groups is 4. The Kier molecular flexibility index (Phi) is 45.3. The molecule has 0 bridgehead atoms. The summed E-state index contributed by atoms with van der Waals surface area (Å²) in [7, 11) is 11.1. The number of likely N-dealkylation sites (tertiary alicyclic amines) is 2. The standard InChI is InChI=1S/C27H30ClN7O3.C16H21N5O3.C11H10ClIN2.C10H10ClIN2O2.C10H12ClIN2.C10H11ClN2O2.C6H3ClFNO2.C4H9N.C4H10O3/c1-4-24(36)33-13-18(11-19(33)14-38-3)35-27(30-2)25(26(29)37)21(32-35)9-8-16-10-22-23(12-20(16)28)34(15-31-22)17-6-5-7-17;1-5-12-14(15(17)23)16(18-3)21(19-12)10-7-11(9-24-4)20(8-10)13(22)6-2;12-8-4-11-10(5-9(8)13)14-6-15(11)7-2-1-3-7;11-7-4-9(13-6-2-1-3-6)10(14(15)16)5-8(7)12;11-7-4-10(9(13)5-8(7)12)14-6-2-1-3-6;11-7-4-5-10(13(14)15)9(6-7)12-8-2-1-3-8;7-4-1-2-6(9(10)11)5(8)3-4;5-4-2-1-3-4;1-5-4(6-2)7-3/h4,10,12,15,17-19,30H,1,5-7,11,13-14H2,2-3H3,(H2,29,37);1,6,10-11,18H,2,7-9H2,3-4H3,(H2,17,23);4-7H,1-3H2;4-6,13H,1-3H2;4-6,14H,1-3,13H2;4-6,8,12H,1-3H2;1-3H;4H,1-3,5H2;4H,1-3H3/t18-,19+;10-,11+;;;;;;;/m00......./s1. The molecule has 4 atom stereocenters. The van der Waals surface area contributed by atoms with Gasteiger partial charge >= 0.3 is 5.69 Å². The van der Waals surface area contributed by atoms with E-state index in [1.54, 1.807) is 59.6 Å². The zero-order chi connectivity index (χ0) is 106. The Bertz CT molecular complexity index is 6370. The molecule has 0 unspecified atom stereocenters. The first-order valence-corrected chi connectivity index (χ1v) is 51.9. The number of rotatable bonds is 26. The van der Waals surface area contributed by atoms with Crippen LogP contribution in [0.15, 0.2) is 123 Å². The number of nitrogens with zero attached hydrogens (tertiary/aromatic N) is 13. The van der Waals surface area contributed by atoms with Crippen LogP contribution in [-0.2, 0) is 33.3 Å². The Labute approximate surface area is 910 Å². The lowest BCUT2D eigenvalue weighted by Gasteiger charge is -2.28. The van der Waals surface area contributed by atoms with Crippen molar-refractivity contribution in [3.8, 4) is 24.2 Å². The largest absolute Gasteiger partial charge is 0.397 e. The highest BCUT2D eigenvalue weighted by Gasteiger charge is 2.41. The van der Waals surface area contributed by atoms with Crippen LogP contribution in [0.2, 0.25) is 30.1 Å². The molecule has 6 heterocycles. The maximum atomic E-state index is 12.6. The number of benzene rings is 6. The van der Waals surface area contributed by atoms with E-state index in [1.807, 2.05) is 71.6 Å². The van der Waals surface area contributed by atoms with E-state index >= 15 is 0 Å². The van der Waals surface area contributed by atoms with Crippen molar-refractivity contribution in [2.75, 3.05) is 108 Å². The number of amides is 4. The number of anilines is 6. The molecule has 4 aromatic heterocycles. The third-order valence-electron chi connectivity index (χ3n) is 25.3. The van der Waals surface area contributed by atoms with Gasteiger partial charge in [0.25, 0.3) is 29.7 Å². The van der Waals surface area contributed by atoms with Crippen molar-refractivity contribution in [1.29, 1.82) is 0 Å². The Balaban J connectivity index is 0.000000176. The van der Waals surface area contributed by atoms with Crippen LogP contribution in [0.4, 0.5) is 55.8 Å². The minimum absolute atomic E-state index is 0.0892. The molecule has 10 aromatic rings. The first-order valence-electron chi connectivity index (χ1n) is 46.4. The maximum absolute atomic E-state index is 12.6. The molecule has 37 nitrogen and oxygen atoms in total. The van der Waals surface area contributed by atoms with Gasteiger partial charge in [0.2, 0.25) is 17.6 Å². The second kappa shape index (κ2) is 56.2. The van der Waals surface area contributed by atoms with Crippen LogP contribution in [0.5, 0.6) is 0 Å². The average molecular weight is 2450 g/mol. The van der Waals surface area contributed by atoms with Gasteiger partial charge in [-0.05, 0) is 280 Å². The molecule has 0 spiro atoms. The van der Waals surface area contributed by atoms with Crippen LogP contribution in [-0.4, -0.2) is 206 Å². The zero-order valence-corrected chi connectivity index (χ0v) is 91.7. The number of nitrogens with one attached hydrogen (secondary N) is 5. The number of imidazole rings is 2. The molecule has 6 aromatic carbocycles. The Morgan fingerprint density at radius 2 is 0.924 bits per heavy atom. The summed E-state index contributed by atoms with van der Waals surface area (Å²) in [6.45, 7) is 8.19. The monoisotopic (exact) mass is 2450 g/mol. The number of nitrogen functional groups attached to an aromatic ring is 1. The third-order valence-corrected chi connectivity index (χ3v) is 30.6. The molecule has 2 aliphatic heterocycles. The fourth-order valence-electron chi connectivity index (χ4n) is 16.3. The molecule has 47 heteroatoms. The topological polar surface area (TPSA) is 486 Å². The van der Waals surface area contributed by atoms with Crippen LogP contribution >= 0.6 is 137 Å². The molecule has 0 radical (unpaired) electrons. The molecule has 6 aliphatic carbocycles. The molecule has 8 aliphatic rings. The minimum Gasteiger partial charge on any atom is -0.397 e. The number of methoxy groups -OCH3 is 5. The fourth-order valence-corrected chi connectivity index (χ4v) is 18.7. The quantitative estimate of drug-likeness (QED) is 0.00462. The molecule has 4 amide bonds. The van der Waals surface area contributed by atoms with Gasteiger partial charge in [-0.2, -0.15) is 14.6 Å². The molecule has 18 rings (SSSR count). The molecule has 8 fully saturated rings. The number of hydrogen-bond acceptors (Lipinski definition) is 26. The lowest BCUT2D eigenvalue weighted by molar-refractivity contribution is -0.387. The highest BCUT2D eigenvalue weighted by molar-refractivity contribution is 14.1. The van der Waals surface area contributed by atoms with Gasteiger partial charge in [-0.25, -0.2) is 19.3 Å². The smallest absolute Gasteiger partial charge is 0.304 e. The number of nitro groups is 3. The van der Waals surface area contributed by atoms with Gasteiger partial charge in [-0.1, -0.05) is 95.1 Å². The highest BCUT2D eigenvalue weighted by atomic mass is 127. The van der Waals surface area contributed by atoms with E-state index in [9.17, 15) is 53.9 Å². The summed E-state index contributed by atoms with van der Waals surface area (Å²) in [5, 5.41) is 59.7. The average Bonchev–Trinajstić information content (AvgIpc) is 1.62. The summed E-state index contributed by atoms with van der Waals surface area (Å²) in [6.07, 6.45) is 34.7. The van der Waals surface area contributed by atoms with E-state index in [0.717, 1.165) is 95.8 Å². The first-order chi connectivity index (χ1) is 69.3. The van der Waals surface area contributed by atoms with Crippen molar-refractivity contribution in [3.05, 3.63) is 228 Å². The van der Waals surface area contributed by atoms with Crippen molar-refractivity contribution >= 4 is 235 Å². The predicted molar refractivity (Wildman–Crippen MR) is 591 cm³/mol. The number of carbonyl (C=O) groups excluding carboxylic acids is 4. The van der Waals surface area contributed by atoms with Crippen LogP contribution in [0.25, 0.3) is 22.1 Å². The number of ether oxygens (including phenoxy) is 5. The number of nitrogens with two attached hydrogens (primary N) is 4. The summed E-state index contributed by atoms with van der Waals surface area (Å²) in [5.74, 6) is 6.76. The summed E-state index contributed by atoms with van der Waals surface area (Å²) >= 11 is 42.3. The van der Waals surface area contributed by atoms with Crippen molar-refractivity contribution in [2.24, 2.45) is 17.2 Å². The molecular formula is C98H116Cl6FI3N22O15. The van der Waals surface area contributed by atoms with Crippen molar-refractivity contribution in [2.45, 2.75) is 195 Å². The summed E-state index contributed by atoms with van der Waals surface area (Å²) in [5.41, 5.74) is 30.3. The van der Waals surface area contributed by atoms with E-state index in [4.69, 9.17) is 108 Å². The lowest BCUT2D eigenvalue weighted by atomic mass is 9.93. The van der Waals surface area contributed by atoms with Crippen LogP contribution in [0.3, 0.4) is 0 Å². The number of aromatic nitrogens is 8. The van der Waals surface area contributed by atoms with Crippen molar-refractivity contribution < 1.29 is 62.0 Å². The van der Waals surface area contributed by atoms with Gasteiger partial charge in [0.15, 0.2) is 5.69 Å². The van der Waals surface area contributed by atoms with Crippen LogP contribution < -0.4 is 49.5 Å². The Morgan fingerprint density at radius 1 is 0.531 bits per heavy atom. The highest BCUT2D eigenvalue weighted by Crippen LogP contribution is 2.42. The number of primary amides is 2. The summed E-state index contributed by atoms with van der Waals surface area (Å²) in [4.78, 5) is 91.2. The molecular weight excluding hydrogens is 2340 g/mol.